The quantitative estimate of drug-likeness (QED) is 0.722. The Kier molecular flexibility index (Phi) is 4.15. The van der Waals surface area contributed by atoms with Crippen molar-refractivity contribution in [1.29, 1.82) is 0 Å². The number of nitrogens with one attached hydrogen (secondary N) is 1. The van der Waals surface area contributed by atoms with Gasteiger partial charge in [0.25, 0.3) is 11.8 Å². The average Bonchev–Trinajstić information content (AvgIpc) is 3.01. The first-order chi connectivity index (χ1) is 13.4. The molecule has 28 heavy (non-hydrogen) atoms. The van der Waals surface area contributed by atoms with Crippen LogP contribution in [0.15, 0.2) is 45.6 Å². The van der Waals surface area contributed by atoms with Gasteiger partial charge in [-0.25, -0.2) is 0 Å². The first-order valence-corrected chi connectivity index (χ1v) is 8.75. The van der Waals surface area contributed by atoms with E-state index in [1.54, 1.807) is 30.3 Å². The second-order valence-corrected chi connectivity index (χ2v) is 6.79. The summed E-state index contributed by atoms with van der Waals surface area (Å²) < 4.78 is 11.1. The van der Waals surface area contributed by atoms with Crippen LogP contribution < -0.4 is 21.2 Å². The standard InChI is InChI=1S/C21H18N2O5/c1-10-3-8-14-18(25)16-17(23-21(26)20(16)28-19(14)11(10)2)12-4-6-13(7-5-12)27-9-15(22)24/h3-8,17H,9H2,1-2H3,(H2,22,24)(H,23,26). The molecule has 1 aliphatic heterocycles. The van der Waals surface area contributed by atoms with E-state index in [2.05, 4.69) is 5.32 Å². The summed E-state index contributed by atoms with van der Waals surface area (Å²) in [7, 11) is 0. The van der Waals surface area contributed by atoms with Gasteiger partial charge in [-0.3, -0.25) is 14.4 Å². The van der Waals surface area contributed by atoms with E-state index < -0.39 is 17.9 Å². The van der Waals surface area contributed by atoms with Gasteiger partial charge in [0.1, 0.15) is 11.3 Å². The van der Waals surface area contributed by atoms with Crippen molar-refractivity contribution in [2.24, 2.45) is 5.73 Å². The average molecular weight is 378 g/mol. The fraction of sp³-hybridized carbons (Fsp3) is 0.190. The van der Waals surface area contributed by atoms with Crippen LogP contribution in [0.4, 0.5) is 0 Å². The zero-order chi connectivity index (χ0) is 20.0. The number of ether oxygens (including phenoxy) is 1. The van der Waals surface area contributed by atoms with Gasteiger partial charge < -0.3 is 20.2 Å². The summed E-state index contributed by atoms with van der Waals surface area (Å²) in [5.41, 5.74) is 8.10. The highest BCUT2D eigenvalue weighted by molar-refractivity contribution is 5.99. The SMILES string of the molecule is Cc1ccc2c(=O)c3c(oc2c1C)C(=O)NC3c1ccc(OCC(N)=O)cc1. The molecule has 142 valence electrons. The van der Waals surface area contributed by atoms with Crippen LogP contribution in [0.3, 0.4) is 0 Å². The largest absolute Gasteiger partial charge is 0.484 e. The summed E-state index contributed by atoms with van der Waals surface area (Å²) >= 11 is 0. The fourth-order valence-electron chi connectivity index (χ4n) is 3.37. The molecule has 0 saturated heterocycles. The molecule has 0 radical (unpaired) electrons. The molecular formula is C21H18N2O5. The summed E-state index contributed by atoms with van der Waals surface area (Å²) in [5.74, 6) is -0.487. The second-order valence-electron chi connectivity index (χ2n) is 6.79. The Morgan fingerprint density at radius 3 is 2.54 bits per heavy atom. The van der Waals surface area contributed by atoms with Crippen LogP contribution in [0.2, 0.25) is 0 Å². The van der Waals surface area contributed by atoms with E-state index in [0.717, 1.165) is 11.1 Å². The topological polar surface area (TPSA) is 112 Å². The number of carbonyl (C=O) groups excluding carboxylic acids is 2. The molecular weight excluding hydrogens is 360 g/mol. The Labute approximate surface area is 160 Å². The third-order valence-electron chi connectivity index (χ3n) is 4.98. The summed E-state index contributed by atoms with van der Waals surface area (Å²) in [4.78, 5) is 36.4. The smallest absolute Gasteiger partial charge is 0.288 e. The lowest BCUT2D eigenvalue weighted by molar-refractivity contribution is -0.119. The number of hydrogen-bond donors (Lipinski definition) is 2. The second kappa shape index (κ2) is 6.53. The van der Waals surface area contributed by atoms with Gasteiger partial charge in [-0.1, -0.05) is 18.2 Å². The number of hydrogen-bond acceptors (Lipinski definition) is 5. The predicted molar refractivity (Wildman–Crippen MR) is 102 cm³/mol. The van der Waals surface area contributed by atoms with Crippen molar-refractivity contribution in [3.05, 3.63) is 74.6 Å². The van der Waals surface area contributed by atoms with E-state index in [1.807, 2.05) is 19.9 Å². The van der Waals surface area contributed by atoms with E-state index in [4.69, 9.17) is 14.9 Å². The Bertz CT molecular complexity index is 1180. The van der Waals surface area contributed by atoms with Crippen LogP contribution >= 0.6 is 0 Å². The number of primary amides is 1. The molecule has 0 spiro atoms. The molecule has 0 saturated carbocycles. The van der Waals surface area contributed by atoms with Crippen LogP contribution in [0.5, 0.6) is 5.75 Å². The van der Waals surface area contributed by atoms with Gasteiger partial charge in [0.05, 0.1) is 17.0 Å². The van der Waals surface area contributed by atoms with Crippen LogP contribution in [0.1, 0.15) is 38.9 Å². The molecule has 7 heteroatoms. The lowest BCUT2D eigenvalue weighted by Gasteiger charge is -2.13. The lowest BCUT2D eigenvalue weighted by Crippen LogP contribution is -2.22. The molecule has 1 aromatic heterocycles. The summed E-state index contributed by atoms with van der Waals surface area (Å²) in [6.45, 7) is 3.56. The van der Waals surface area contributed by atoms with Gasteiger partial charge in [0, 0.05) is 0 Å². The molecule has 1 unspecified atom stereocenters. The Morgan fingerprint density at radius 1 is 1.14 bits per heavy atom. The molecule has 3 aromatic rings. The van der Waals surface area contributed by atoms with Crippen LogP contribution in [0.25, 0.3) is 11.0 Å². The van der Waals surface area contributed by atoms with E-state index in [9.17, 15) is 14.4 Å². The zero-order valence-electron chi connectivity index (χ0n) is 15.4. The predicted octanol–water partition coefficient (Wildman–Crippen LogP) is 2.11. The maximum Gasteiger partial charge on any atom is 0.288 e. The number of amides is 2. The van der Waals surface area contributed by atoms with E-state index in [-0.39, 0.29) is 17.8 Å². The van der Waals surface area contributed by atoms with E-state index in [0.29, 0.717) is 27.8 Å². The third kappa shape index (κ3) is 2.81. The number of rotatable bonds is 4. The van der Waals surface area contributed by atoms with Crippen molar-refractivity contribution in [2.45, 2.75) is 19.9 Å². The maximum atomic E-state index is 13.1. The van der Waals surface area contributed by atoms with Gasteiger partial charge in [0.15, 0.2) is 12.0 Å². The summed E-state index contributed by atoms with van der Waals surface area (Å²) in [6.07, 6.45) is 0. The maximum absolute atomic E-state index is 13.1. The van der Waals surface area contributed by atoms with Gasteiger partial charge >= 0.3 is 0 Å². The number of aryl methyl sites for hydroxylation is 2. The van der Waals surface area contributed by atoms with Crippen molar-refractivity contribution < 1.29 is 18.7 Å². The number of nitrogens with two attached hydrogens (primary N) is 1. The Hall–Kier alpha value is -3.61. The molecule has 4 rings (SSSR count). The van der Waals surface area contributed by atoms with Gasteiger partial charge in [-0.15, -0.1) is 0 Å². The van der Waals surface area contributed by atoms with Crippen LogP contribution in [0, 0.1) is 13.8 Å². The molecule has 0 bridgehead atoms. The van der Waals surface area contributed by atoms with Crippen molar-refractivity contribution in [1.82, 2.24) is 5.32 Å². The molecule has 0 fully saturated rings. The van der Waals surface area contributed by atoms with Crippen molar-refractivity contribution >= 4 is 22.8 Å². The van der Waals surface area contributed by atoms with E-state index >= 15 is 0 Å². The molecule has 1 aliphatic rings. The third-order valence-corrected chi connectivity index (χ3v) is 4.98. The van der Waals surface area contributed by atoms with Gasteiger partial charge in [-0.05, 0) is 48.7 Å². The molecule has 3 N–H and O–H groups in total. The fourth-order valence-corrected chi connectivity index (χ4v) is 3.37. The minimum absolute atomic E-state index is 0.0465. The highest BCUT2D eigenvalue weighted by Gasteiger charge is 2.36. The summed E-state index contributed by atoms with van der Waals surface area (Å²) in [5, 5.41) is 3.26. The number of carbonyl (C=O) groups is 2. The normalized spacial score (nSPS) is 15.4. The molecule has 1 atom stereocenters. The van der Waals surface area contributed by atoms with E-state index in [1.165, 1.54) is 0 Å². The first-order valence-electron chi connectivity index (χ1n) is 8.75. The highest BCUT2D eigenvalue weighted by atomic mass is 16.5. The van der Waals surface area contributed by atoms with Gasteiger partial charge in [-0.2, -0.15) is 0 Å². The van der Waals surface area contributed by atoms with Crippen molar-refractivity contribution in [3.8, 4) is 5.75 Å². The number of benzene rings is 2. The molecule has 0 aliphatic carbocycles. The Morgan fingerprint density at radius 2 is 1.86 bits per heavy atom. The minimum Gasteiger partial charge on any atom is -0.484 e. The monoisotopic (exact) mass is 378 g/mol. The zero-order valence-corrected chi connectivity index (χ0v) is 15.4. The van der Waals surface area contributed by atoms with Crippen molar-refractivity contribution in [3.63, 3.8) is 0 Å². The Balaban J connectivity index is 1.78. The van der Waals surface area contributed by atoms with Crippen LogP contribution in [-0.2, 0) is 4.79 Å². The lowest BCUT2D eigenvalue weighted by atomic mass is 9.98. The molecule has 2 heterocycles. The highest BCUT2D eigenvalue weighted by Crippen LogP contribution is 2.32. The summed E-state index contributed by atoms with van der Waals surface area (Å²) in [6, 6.07) is 9.72. The molecule has 2 amide bonds. The van der Waals surface area contributed by atoms with Gasteiger partial charge in [0.2, 0.25) is 5.76 Å². The number of fused-ring (bicyclic) bond motifs is 2. The van der Waals surface area contributed by atoms with Crippen molar-refractivity contribution in [2.75, 3.05) is 6.61 Å². The first kappa shape index (κ1) is 17.8. The van der Waals surface area contributed by atoms with Crippen LogP contribution in [-0.4, -0.2) is 18.4 Å². The minimum atomic E-state index is -0.616. The molecule has 2 aromatic carbocycles. The molecule has 7 nitrogen and oxygen atoms in total.